The summed E-state index contributed by atoms with van der Waals surface area (Å²) in [4.78, 5) is 13.5. The minimum atomic E-state index is -0.320. The highest BCUT2D eigenvalue weighted by molar-refractivity contribution is 5.67. The highest BCUT2D eigenvalue weighted by atomic mass is 16.6. The number of hydrogen-bond donors (Lipinski definition) is 2. The zero-order valence-electron chi connectivity index (χ0n) is 11.7. The molecule has 1 fully saturated rings. The molecule has 1 unspecified atom stereocenters. The standard InChI is InChI=1S/C13H26N2O3/c1-10(2)9-18-13(17)15-6-4-12(5-7-15)14-8-11(3)16/h10-12,14,16H,4-9H2,1-3H3. The number of nitrogens with one attached hydrogen (secondary N) is 1. The monoisotopic (exact) mass is 258 g/mol. The molecule has 1 aliphatic rings. The van der Waals surface area contributed by atoms with Gasteiger partial charge in [-0.1, -0.05) is 13.8 Å². The van der Waals surface area contributed by atoms with Gasteiger partial charge in [0.05, 0.1) is 12.7 Å². The van der Waals surface area contributed by atoms with Crippen molar-refractivity contribution in [2.75, 3.05) is 26.2 Å². The van der Waals surface area contributed by atoms with Gasteiger partial charge in [0.1, 0.15) is 0 Å². The van der Waals surface area contributed by atoms with Crippen LogP contribution in [0.2, 0.25) is 0 Å². The van der Waals surface area contributed by atoms with Gasteiger partial charge in [-0.15, -0.1) is 0 Å². The third-order valence-electron chi connectivity index (χ3n) is 3.00. The molecule has 1 rings (SSSR count). The summed E-state index contributed by atoms with van der Waals surface area (Å²) in [5, 5.41) is 12.5. The first-order valence-electron chi connectivity index (χ1n) is 6.82. The van der Waals surface area contributed by atoms with E-state index in [0.717, 1.165) is 25.9 Å². The summed E-state index contributed by atoms with van der Waals surface area (Å²) in [6.07, 6.45) is 1.32. The van der Waals surface area contributed by atoms with Crippen molar-refractivity contribution in [2.24, 2.45) is 5.92 Å². The van der Waals surface area contributed by atoms with Gasteiger partial charge in [-0.3, -0.25) is 0 Å². The maximum Gasteiger partial charge on any atom is 0.409 e. The van der Waals surface area contributed by atoms with Crippen LogP contribution in [-0.2, 0) is 4.74 Å². The summed E-state index contributed by atoms with van der Waals surface area (Å²) in [7, 11) is 0. The van der Waals surface area contributed by atoms with Crippen LogP contribution in [0, 0.1) is 5.92 Å². The Balaban J connectivity index is 2.20. The number of ether oxygens (including phenoxy) is 1. The molecule has 1 aliphatic heterocycles. The van der Waals surface area contributed by atoms with Crippen molar-refractivity contribution in [3.63, 3.8) is 0 Å². The molecule has 1 atom stereocenters. The molecular formula is C13H26N2O3. The molecule has 2 N–H and O–H groups in total. The molecule has 5 nitrogen and oxygen atoms in total. The van der Waals surface area contributed by atoms with Crippen LogP contribution >= 0.6 is 0 Å². The third kappa shape index (κ3) is 5.69. The fourth-order valence-corrected chi connectivity index (χ4v) is 1.93. The van der Waals surface area contributed by atoms with Gasteiger partial charge in [-0.2, -0.15) is 0 Å². The van der Waals surface area contributed by atoms with Crippen LogP contribution in [0.3, 0.4) is 0 Å². The second-order valence-electron chi connectivity index (χ2n) is 5.49. The second-order valence-corrected chi connectivity index (χ2v) is 5.49. The van der Waals surface area contributed by atoms with Crippen LogP contribution in [0.4, 0.5) is 4.79 Å². The Hall–Kier alpha value is -0.810. The Labute approximate surface area is 109 Å². The average Bonchev–Trinajstić information content (AvgIpc) is 2.34. The van der Waals surface area contributed by atoms with Crippen LogP contribution in [0.5, 0.6) is 0 Å². The third-order valence-corrected chi connectivity index (χ3v) is 3.00. The summed E-state index contributed by atoms with van der Waals surface area (Å²) < 4.78 is 5.20. The smallest absolute Gasteiger partial charge is 0.409 e. The lowest BCUT2D eigenvalue weighted by Crippen LogP contribution is -2.46. The molecule has 0 radical (unpaired) electrons. The van der Waals surface area contributed by atoms with Crippen LogP contribution in [0.1, 0.15) is 33.6 Å². The number of aliphatic hydroxyl groups is 1. The van der Waals surface area contributed by atoms with Crippen molar-refractivity contribution in [3.8, 4) is 0 Å². The Morgan fingerprint density at radius 2 is 2.00 bits per heavy atom. The fraction of sp³-hybridized carbons (Fsp3) is 0.923. The van der Waals surface area contributed by atoms with E-state index in [9.17, 15) is 9.90 Å². The minimum Gasteiger partial charge on any atom is -0.449 e. The molecule has 1 saturated heterocycles. The lowest BCUT2D eigenvalue weighted by atomic mass is 10.1. The molecule has 106 valence electrons. The van der Waals surface area contributed by atoms with E-state index >= 15 is 0 Å². The van der Waals surface area contributed by atoms with E-state index in [4.69, 9.17) is 4.74 Å². The first-order valence-corrected chi connectivity index (χ1v) is 6.82. The number of nitrogens with zero attached hydrogens (tertiary/aromatic N) is 1. The van der Waals surface area contributed by atoms with Crippen LogP contribution in [-0.4, -0.2) is 54.5 Å². The molecule has 1 amide bonds. The Bertz CT molecular complexity index is 249. The Morgan fingerprint density at radius 1 is 1.39 bits per heavy atom. The molecule has 0 saturated carbocycles. The van der Waals surface area contributed by atoms with Crippen molar-refractivity contribution in [2.45, 2.75) is 45.8 Å². The first-order chi connectivity index (χ1) is 8.49. The number of likely N-dealkylation sites (tertiary alicyclic amines) is 1. The van der Waals surface area contributed by atoms with Gasteiger partial charge in [0.2, 0.25) is 0 Å². The van der Waals surface area contributed by atoms with Gasteiger partial charge in [-0.25, -0.2) is 4.79 Å². The van der Waals surface area contributed by atoms with E-state index in [1.165, 1.54) is 0 Å². The van der Waals surface area contributed by atoms with Crippen molar-refractivity contribution in [3.05, 3.63) is 0 Å². The normalized spacial score (nSPS) is 19.1. The summed E-state index contributed by atoms with van der Waals surface area (Å²) in [6.45, 7) is 8.38. The van der Waals surface area contributed by atoms with E-state index in [1.54, 1.807) is 11.8 Å². The molecule has 0 spiro atoms. The number of carbonyl (C=O) groups is 1. The zero-order valence-corrected chi connectivity index (χ0v) is 11.7. The molecule has 0 aromatic rings. The summed E-state index contributed by atoms with van der Waals surface area (Å²) in [5.74, 6) is 0.374. The molecule has 0 aromatic carbocycles. The number of amides is 1. The highest BCUT2D eigenvalue weighted by Crippen LogP contribution is 2.11. The molecule has 0 aliphatic carbocycles. The molecule has 0 aromatic heterocycles. The summed E-state index contributed by atoms with van der Waals surface area (Å²) >= 11 is 0. The van der Waals surface area contributed by atoms with Crippen molar-refractivity contribution in [1.82, 2.24) is 10.2 Å². The molecule has 18 heavy (non-hydrogen) atoms. The summed E-state index contributed by atoms with van der Waals surface area (Å²) in [5.41, 5.74) is 0. The van der Waals surface area contributed by atoms with E-state index in [-0.39, 0.29) is 12.2 Å². The van der Waals surface area contributed by atoms with Gasteiger partial charge in [0.15, 0.2) is 0 Å². The zero-order chi connectivity index (χ0) is 13.5. The first kappa shape index (κ1) is 15.2. The Kier molecular flexibility index (Phi) is 6.43. The van der Waals surface area contributed by atoms with Crippen LogP contribution in [0.25, 0.3) is 0 Å². The quantitative estimate of drug-likeness (QED) is 0.778. The number of aliphatic hydroxyl groups excluding tert-OH is 1. The largest absolute Gasteiger partial charge is 0.449 e. The number of rotatable bonds is 5. The van der Waals surface area contributed by atoms with Crippen LogP contribution in [0.15, 0.2) is 0 Å². The predicted octanol–water partition coefficient (Wildman–Crippen LogP) is 1.21. The van der Waals surface area contributed by atoms with E-state index in [2.05, 4.69) is 5.32 Å². The van der Waals surface area contributed by atoms with E-state index < -0.39 is 0 Å². The van der Waals surface area contributed by atoms with Gasteiger partial charge >= 0.3 is 6.09 Å². The summed E-state index contributed by atoms with van der Waals surface area (Å²) in [6, 6.07) is 0.397. The lowest BCUT2D eigenvalue weighted by Gasteiger charge is -2.32. The molecule has 0 bridgehead atoms. The highest BCUT2D eigenvalue weighted by Gasteiger charge is 2.23. The van der Waals surface area contributed by atoms with Gasteiger partial charge < -0.3 is 20.1 Å². The second kappa shape index (κ2) is 7.59. The predicted molar refractivity (Wildman–Crippen MR) is 70.5 cm³/mol. The molecule has 1 heterocycles. The maximum absolute atomic E-state index is 11.7. The van der Waals surface area contributed by atoms with Gasteiger partial charge in [-0.05, 0) is 25.7 Å². The lowest BCUT2D eigenvalue weighted by molar-refractivity contribution is 0.0806. The van der Waals surface area contributed by atoms with Crippen molar-refractivity contribution < 1.29 is 14.6 Å². The number of hydrogen-bond acceptors (Lipinski definition) is 4. The van der Waals surface area contributed by atoms with Crippen molar-refractivity contribution in [1.29, 1.82) is 0 Å². The number of piperidine rings is 1. The van der Waals surface area contributed by atoms with E-state index in [0.29, 0.717) is 25.1 Å². The fourth-order valence-electron chi connectivity index (χ4n) is 1.93. The topological polar surface area (TPSA) is 61.8 Å². The van der Waals surface area contributed by atoms with Crippen molar-refractivity contribution >= 4 is 6.09 Å². The maximum atomic E-state index is 11.7. The van der Waals surface area contributed by atoms with Crippen LogP contribution < -0.4 is 5.32 Å². The minimum absolute atomic E-state index is 0.197. The molecule has 5 heteroatoms. The van der Waals surface area contributed by atoms with Gasteiger partial charge in [0.25, 0.3) is 0 Å². The van der Waals surface area contributed by atoms with E-state index in [1.807, 2.05) is 13.8 Å². The molecular weight excluding hydrogens is 232 g/mol. The Morgan fingerprint density at radius 3 is 2.50 bits per heavy atom. The SMILES string of the molecule is CC(C)COC(=O)N1CCC(NCC(C)O)CC1. The number of carbonyl (C=O) groups excluding carboxylic acids is 1. The van der Waals surface area contributed by atoms with Gasteiger partial charge in [0, 0.05) is 25.7 Å². The average molecular weight is 258 g/mol.